The molecular formula is C23H23FN6OS2. The monoisotopic (exact) mass is 482 g/mol. The molecule has 4 aromatic rings. The average Bonchev–Trinajstić information content (AvgIpc) is 3.46. The van der Waals surface area contributed by atoms with E-state index in [1.807, 2.05) is 0 Å². The van der Waals surface area contributed by atoms with Crippen molar-refractivity contribution in [3.05, 3.63) is 70.7 Å². The number of halogens is 1. The zero-order valence-corrected chi connectivity index (χ0v) is 19.9. The Labute approximate surface area is 199 Å². The number of rotatable bonds is 9. The number of pyridine rings is 1. The quantitative estimate of drug-likeness (QED) is 0.338. The summed E-state index contributed by atoms with van der Waals surface area (Å²) in [5, 5.41) is 14.6. The number of nitrogens with one attached hydrogen (secondary N) is 1. The van der Waals surface area contributed by atoms with Gasteiger partial charge in [0.25, 0.3) is 5.91 Å². The van der Waals surface area contributed by atoms with E-state index in [0.29, 0.717) is 40.6 Å². The van der Waals surface area contributed by atoms with Crippen molar-refractivity contribution >= 4 is 29.0 Å². The maximum absolute atomic E-state index is 14.7. The van der Waals surface area contributed by atoms with Gasteiger partial charge in [0.1, 0.15) is 16.5 Å². The first-order valence-electron chi connectivity index (χ1n) is 10.5. The number of hydrogen-bond donors (Lipinski definition) is 1. The first-order chi connectivity index (χ1) is 16.0. The molecule has 170 valence electrons. The highest BCUT2D eigenvalue weighted by Crippen LogP contribution is 2.31. The Balaban J connectivity index is 1.54. The number of carbonyl (C=O) groups is 1. The van der Waals surface area contributed by atoms with Gasteiger partial charge >= 0.3 is 0 Å². The summed E-state index contributed by atoms with van der Waals surface area (Å²) in [7, 11) is 0. The second-order valence-electron chi connectivity index (χ2n) is 7.68. The summed E-state index contributed by atoms with van der Waals surface area (Å²) in [6, 6.07) is 10.1. The van der Waals surface area contributed by atoms with E-state index in [1.165, 1.54) is 29.2 Å². The number of carbonyl (C=O) groups excluding carboxylic acids is 1. The molecule has 0 saturated carbocycles. The summed E-state index contributed by atoms with van der Waals surface area (Å²) in [4.78, 5) is 20.8. The van der Waals surface area contributed by atoms with Gasteiger partial charge < -0.3 is 5.32 Å². The molecule has 3 aromatic heterocycles. The highest BCUT2D eigenvalue weighted by Gasteiger charge is 2.19. The largest absolute Gasteiger partial charge is 0.351 e. The Kier molecular flexibility index (Phi) is 7.46. The Morgan fingerprint density at radius 1 is 1.18 bits per heavy atom. The topological polar surface area (TPSA) is 85.6 Å². The summed E-state index contributed by atoms with van der Waals surface area (Å²) < 4.78 is 16.4. The molecule has 0 unspecified atom stereocenters. The molecule has 0 saturated heterocycles. The number of nitrogens with zero attached hydrogens (tertiary/aromatic N) is 5. The van der Waals surface area contributed by atoms with Crippen LogP contribution in [-0.4, -0.2) is 37.2 Å². The lowest BCUT2D eigenvalue weighted by atomic mass is 10.1. The molecule has 1 amide bonds. The van der Waals surface area contributed by atoms with Gasteiger partial charge in [0.15, 0.2) is 11.0 Å². The van der Waals surface area contributed by atoms with Crippen LogP contribution in [0.4, 0.5) is 4.39 Å². The first kappa shape index (κ1) is 23.1. The number of thiazole rings is 1. The van der Waals surface area contributed by atoms with Crippen LogP contribution in [0.2, 0.25) is 0 Å². The molecule has 10 heteroatoms. The Hall–Kier alpha value is -3.11. The Morgan fingerprint density at radius 2 is 1.97 bits per heavy atom. The third kappa shape index (κ3) is 5.63. The lowest BCUT2D eigenvalue weighted by Crippen LogP contribution is -2.25. The Morgan fingerprint density at radius 3 is 2.73 bits per heavy atom. The molecule has 33 heavy (non-hydrogen) atoms. The highest BCUT2D eigenvalue weighted by molar-refractivity contribution is 7.98. The molecule has 4 rings (SSSR count). The van der Waals surface area contributed by atoms with Crippen LogP contribution in [-0.2, 0) is 5.75 Å². The molecule has 0 aliphatic carbocycles. The maximum Gasteiger partial charge on any atom is 0.270 e. The fraction of sp³-hybridized carbons (Fsp3) is 0.261. The van der Waals surface area contributed by atoms with E-state index >= 15 is 0 Å². The number of thioether (sulfide) groups is 1. The molecule has 0 radical (unpaired) electrons. The van der Waals surface area contributed by atoms with Gasteiger partial charge in [-0.05, 0) is 36.6 Å². The van der Waals surface area contributed by atoms with E-state index in [-0.39, 0.29) is 11.7 Å². The number of amides is 1. The van der Waals surface area contributed by atoms with Gasteiger partial charge in [0.05, 0.1) is 11.4 Å². The maximum atomic E-state index is 14.7. The van der Waals surface area contributed by atoms with Crippen molar-refractivity contribution in [3.8, 4) is 17.1 Å². The molecule has 0 fully saturated rings. The van der Waals surface area contributed by atoms with Gasteiger partial charge in [0.2, 0.25) is 0 Å². The second-order valence-corrected chi connectivity index (χ2v) is 9.57. The average molecular weight is 483 g/mol. The zero-order valence-electron chi connectivity index (χ0n) is 18.2. The smallest absolute Gasteiger partial charge is 0.270 e. The standard InChI is InChI=1S/C23H23FN6OS2/c1-15(2)7-12-26-22(31)18-13-32-20(27-18)14-33-23-29-28-21(16-8-10-25-11-9-16)30(23)19-6-4-3-5-17(19)24/h3-6,8-11,13,15H,7,12,14H2,1-2H3,(H,26,31). The van der Waals surface area contributed by atoms with Gasteiger partial charge in [-0.2, -0.15) is 0 Å². The lowest BCUT2D eigenvalue weighted by Gasteiger charge is -2.10. The third-order valence-electron chi connectivity index (χ3n) is 4.78. The minimum atomic E-state index is -0.371. The summed E-state index contributed by atoms with van der Waals surface area (Å²) >= 11 is 2.80. The molecule has 0 bridgehead atoms. The predicted molar refractivity (Wildman–Crippen MR) is 128 cm³/mol. The zero-order chi connectivity index (χ0) is 23.2. The van der Waals surface area contributed by atoms with Crippen LogP contribution in [0.1, 0.15) is 35.8 Å². The SMILES string of the molecule is CC(C)CCNC(=O)c1csc(CSc2nnc(-c3ccncc3)n2-c2ccccc2F)n1. The summed E-state index contributed by atoms with van der Waals surface area (Å²) in [6.45, 7) is 4.86. The lowest BCUT2D eigenvalue weighted by molar-refractivity contribution is 0.0947. The molecule has 0 aliphatic rings. The van der Waals surface area contributed by atoms with Gasteiger partial charge in [-0.15, -0.1) is 21.5 Å². The molecule has 1 aromatic carbocycles. The summed E-state index contributed by atoms with van der Waals surface area (Å²) in [5.74, 6) is 0.986. The van der Waals surface area contributed by atoms with Crippen molar-refractivity contribution in [2.24, 2.45) is 5.92 Å². The van der Waals surface area contributed by atoms with Crippen LogP contribution in [0.15, 0.2) is 59.3 Å². The van der Waals surface area contributed by atoms with E-state index in [1.54, 1.807) is 52.7 Å². The van der Waals surface area contributed by atoms with E-state index in [2.05, 4.69) is 39.3 Å². The minimum Gasteiger partial charge on any atom is -0.351 e. The molecular weight excluding hydrogens is 459 g/mol. The minimum absolute atomic E-state index is 0.169. The van der Waals surface area contributed by atoms with Crippen molar-refractivity contribution in [2.45, 2.75) is 31.2 Å². The van der Waals surface area contributed by atoms with Crippen LogP contribution in [0.5, 0.6) is 0 Å². The van der Waals surface area contributed by atoms with Crippen LogP contribution < -0.4 is 5.32 Å². The van der Waals surface area contributed by atoms with Crippen LogP contribution in [0.25, 0.3) is 17.1 Å². The third-order valence-corrected chi connectivity index (χ3v) is 6.75. The van der Waals surface area contributed by atoms with E-state index in [9.17, 15) is 9.18 Å². The van der Waals surface area contributed by atoms with Crippen molar-refractivity contribution in [2.75, 3.05) is 6.54 Å². The molecule has 0 spiro atoms. The van der Waals surface area contributed by atoms with Crippen molar-refractivity contribution in [3.63, 3.8) is 0 Å². The first-order valence-corrected chi connectivity index (χ1v) is 12.4. The van der Waals surface area contributed by atoms with Gasteiger partial charge in [0, 0.05) is 29.9 Å². The number of para-hydroxylation sites is 1. The van der Waals surface area contributed by atoms with Crippen LogP contribution in [0.3, 0.4) is 0 Å². The second kappa shape index (κ2) is 10.7. The van der Waals surface area contributed by atoms with Crippen molar-refractivity contribution < 1.29 is 9.18 Å². The van der Waals surface area contributed by atoms with E-state index in [0.717, 1.165) is 17.0 Å². The molecule has 0 aliphatic heterocycles. The number of benzene rings is 1. The molecule has 0 atom stereocenters. The normalized spacial score (nSPS) is 11.2. The van der Waals surface area contributed by atoms with Gasteiger partial charge in [-0.1, -0.05) is 37.7 Å². The molecule has 7 nitrogen and oxygen atoms in total. The number of hydrogen-bond acceptors (Lipinski definition) is 7. The summed E-state index contributed by atoms with van der Waals surface area (Å²) in [6.07, 6.45) is 4.24. The fourth-order valence-electron chi connectivity index (χ4n) is 3.07. The van der Waals surface area contributed by atoms with Crippen molar-refractivity contribution in [1.29, 1.82) is 0 Å². The van der Waals surface area contributed by atoms with E-state index in [4.69, 9.17) is 0 Å². The summed E-state index contributed by atoms with van der Waals surface area (Å²) in [5.41, 5.74) is 1.55. The fourth-order valence-corrected chi connectivity index (χ4v) is 4.81. The predicted octanol–water partition coefficient (Wildman–Crippen LogP) is 4.99. The van der Waals surface area contributed by atoms with Crippen LogP contribution in [0, 0.1) is 11.7 Å². The number of aromatic nitrogens is 5. The Bertz CT molecular complexity index is 1220. The van der Waals surface area contributed by atoms with Gasteiger partial charge in [-0.25, -0.2) is 9.37 Å². The van der Waals surface area contributed by atoms with Gasteiger partial charge in [-0.3, -0.25) is 14.3 Å². The van der Waals surface area contributed by atoms with E-state index < -0.39 is 0 Å². The van der Waals surface area contributed by atoms with Crippen LogP contribution >= 0.6 is 23.1 Å². The highest BCUT2D eigenvalue weighted by atomic mass is 32.2. The van der Waals surface area contributed by atoms with Crippen molar-refractivity contribution in [1.82, 2.24) is 30.0 Å². The molecule has 3 heterocycles. The molecule has 1 N–H and O–H groups in total.